The standard InChI is InChI=1S/C15H21N3O3/c1-3-5-18-14(19)8-11-9-17(6-4-12(11)16-18)13-7-10(2)21-15(13)20/h8,10,13H,3-7,9H2,1-2H3. The van der Waals surface area contributed by atoms with Gasteiger partial charge >= 0.3 is 5.97 Å². The van der Waals surface area contributed by atoms with Crippen LogP contribution < -0.4 is 5.56 Å². The normalized spacial score (nSPS) is 25.7. The van der Waals surface area contributed by atoms with E-state index in [-0.39, 0.29) is 23.7 Å². The third-order valence-corrected chi connectivity index (χ3v) is 4.19. The number of carbonyl (C=O) groups is 1. The van der Waals surface area contributed by atoms with Crippen LogP contribution in [-0.4, -0.2) is 39.3 Å². The maximum Gasteiger partial charge on any atom is 0.323 e. The first-order chi connectivity index (χ1) is 10.1. The molecule has 2 unspecified atom stereocenters. The number of ether oxygens (including phenoxy) is 1. The van der Waals surface area contributed by atoms with Crippen molar-refractivity contribution >= 4 is 5.97 Å². The largest absolute Gasteiger partial charge is 0.461 e. The lowest BCUT2D eigenvalue weighted by molar-refractivity contribution is -0.145. The van der Waals surface area contributed by atoms with Crippen LogP contribution in [-0.2, 0) is 29.0 Å². The van der Waals surface area contributed by atoms with Crippen molar-refractivity contribution < 1.29 is 9.53 Å². The zero-order valence-electron chi connectivity index (χ0n) is 12.5. The Hall–Kier alpha value is -1.69. The van der Waals surface area contributed by atoms with Gasteiger partial charge in [0.15, 0.2) is 0 Å². The summed E-state index contributed by atoms with van der Waals surface area (Å²) in [6.45, 7) is 6.00. The fourth-order valence-corrected chi connectivity index (χ4v) is 3.13. The first-order valence-corrected chi connectivity index (χ1v) is 7.63. The monoisotopic (exact) mass is 291 g/mol. The molecular formula is C15H21N3O3. The van der Waals surface area contributed by atoms with Crippen LogP contribution in [0.5, 0.6) is 0 Å². The Bertz CT molecular complexity index is 611. The molecule has 0 radical (unpaired) electrons. The Morgan fingerprint density at radius 2 is 2.24 bits per heavy atom. The molecule has 0 bridgehead atoms. The zero-order valence-corrected chi connectivity index (χ0v) is 12.5. The van der Waals surface area contributed by atoms with E-state index in [9.17, 15) is 9.59 Å². The minimum absolute atomic E-state index is 0.0143. The van der Waals surface area contributed by atoms with Gasteiger partial charge < -0.3 is 4.74 Å². The predicted molar refractivity (Wildman–Crippen MR) is 76.9 cm³/mol. The van der Waals surface area contributed by atoms with Crippen LogP contribution in [0.15, 0.2) is 10.9 Å². The van der Waals surface area contributed by atoms with E-state index in [1.54, 1.807) is 10.7 Å². The molecule has 2 aliphatic rings. The minimum Gasteiger partial charge on any atom is -0.461 e. The molecule has 0 N–H and O–H groups in total. The number of cyclic esters (lactones) is 1. The highest BCUT2D eigenvalue weighted by molar-refractivity contribution is 5.78. The maximum absolute atomic E-state index is 12.0. The minimum atomic E-state index is -0.175. The highest BCUT2D eigenvalue weighted by Crippen LogP contribution is 2.25. The molecule has 2 atom stereocenters. The molecule has 1 saturated heterocycles. The first-order valence-electron chi connectivity index (χ1n) is 7.63. The summed E-state index contributed by atoms with van der Waals surface area (Å²) in [4.78, 5) is 26.0. The molecule has 6 heteroatoms. The molecule has 6 nitrogen and oxygen atoms in total. The lowest BCUT2D eigenvalue weighted by Gasteiger charge is -2.31. The van der Waals surface area contributed by atoms with Crippen LogP contribution in [0.25, 0.3) is 0 Å². The van der Waals surface area contributed by atoms with Gasteiger partial charge in [0.05, 0.1) is 5.69 Å². The van der Waals surface area contributed by atoms with E-state index in [1.165, 1.54) is 0 Å². The fourth-order valence-electron chi connectivity index (χ4n) is 3.13. The van der Waals surface area contributed by atoms with Crippen molar-refractivity contribution in [2.24, 2.45) is 0 Å². The molecule has 0 spiro atoms. The van der Waals surface area contributed by atoms with Crippen molar-refractivity contribution in [1.29, 1.82) is 0 Å². The molecule has 1 fully saturated rings. The Kier molecular flexibility index (Phi) is 3.80. The van der Waals surface area contributed by atoms with Gasteiger partial charge in [0.25, 0.3) is 5.56 Å². The van der Waals surface area contributed by atoms with Gasteiger partial charge in [0, 0.05) is 38.5 Å². The lowest BCUT2D eigenvalue weighted by atomic mass is 10.0. The topological polar surface area (TPSA) is 64.4 Å². The molecule has 3 rings (SSSR count). The molecule has 0 amide bonds. The van der Waals surface area contributed by atoms with Crippen LogP contribution in [0, 0.1) is 0 Å². The second-order valence-electron chi connectivity index (χ2n) is 5.90. The summed E-state index contributed by atoms with van der Waals surface area (Å²) < 4.78 is 6.77. The van der Waals surface area contributed by atoms with E-state index in [0.717, 1.165) is 37.1 Å². The number of nitrogens with zero attached hydrogens (tertiary/aromatic N) is 3. The number of carbonyl (C=O) groups excluding carboxylic acids is 1. The van der Waals surface area contributed by atoms with Gasteiger partial charge in [-0.1, -0.05) is 6.92 Å². The maximum atomic E-state index is 12.0. The van der Waals surface area contributed by atoms with Crippen LogP contribution in [0.1, 0.15) is 37.9 Å². The molecule has 2 aliphatic heterocycles. The molecule has 1 aromatic heterocycles. The second kappa shape index (κ2) is 5.60. The third kappa shape index (κ3) is 2.72. The predicted octanol–water partition coefficient (Wildman–Crippen LogP) is 0.715. The smallest absolute Gasteiger partial charge is 0.323 e. The van der Waals surface area contributed by atoms with Gasteiger partial charge in [0.2, 0.25) is 0 Å². The van der Waals surface area contributed by atoms with Crippen molar-refractivity contribution in [1.82, 2.24) is 14.7 Å². The summed E-state index contributed by atoms with van der Waals surface area (Å²) >= 11 is 0. The number of hydrogen-bond acceptors (Lipinski definition) is 5. The number of esters is 1. The number of aryl methyl sites for hydroxylation is 1. The molecule has 0 aliphatic carbocycles. The van der Waals surface area contributed by atoms with E-state index in [1.807, 2.05) is 13.8 Å². The Balaban J connectivity index is 1.81. The van der Waals surface area contributed by atoms with Crippen molar-refractivity contribution in [3.05, 3.63) is 27.7 Å². The molecule has 114 valence electrons. The van der Waals surface area contributed by atoms with Crippen LogP contribution >= 0.6 is 0 Å². The molecule has 0 aromatic carbocycles. The van der Waals surface area contributed by atoms with Crippen LogP contribution in [0.3, 0.4) is 0 Å². The van der Waals surface area contributed by atoms with Crippen molar-refractivity contribution in [2.45, 2.75) is 58.3 Å². The summed E-state index contributed by atoms with van der Waals surface area (Å²) in [5.41, 5.74) is 1.88. The highest BCUT2D eigenvalue weighted by atomic mass is 16.6. The molecule has 0 saturated carbocycles. The molecule has 21 heavy (non-hydrogen) atoms. The summed E-state index contributed by atoms with van der Waals surface area (Å²) in [7, 11) is 0. The fraction of sp³-hybridized carbons (Fsp3) is 0.667. The van der Waals surface area contributed by atoms with Crippen LogP contribution in [0.4, 0.5) is 0 Å². The first kappa shape index (κ1) is 14.3. The van der Waals surface area contributed by atoms with Crippen molar-refractivity contribution in [3.63, 3.8) is 0 Å². The average molecular weight is 291 g/mol. The number of hydrogen-bond donors (Lipinski definition) is 0. The van der Waals surface area contributed by atoms with Crippen molar-refractivity contribution in [3.8, 4) is 0 Å². The molecule has 1 aromatic rings. The third-order valence-electron chi connectivity index (χ3n) is 4.19. The van der Waals surface area contributed by atoms with Gasteiger partial charge in [-0.15, -0.1) is 0 Å². The van der Waals surface area contributed by atoms with E-state index in [4.69, 9.17) is 4.74 Å². The Morgan fingerprint density at radius 1 is 1.43 bits per heavy atom. The summed E-state index contributed by atoms with van der Waals surface area (Å²) in [5, 5.41) is 4.46. The summed E-state index contributed by atoms with van der Waals surface area (Å²) in [5.74, 6) is -0.141. The number of aromatic nitrogens is 2. The molecular weight excluding hydrogens is 270 g/mol. The quantitative estimate of drug-likeness (QED) is 0.768. The van der Waals surface area contributed by atoms with Crippen LogP contribution in [0.2, 0.25) is 0 Å². The Morgan fingerprint density at radius 3 is 2.90 bits per heavy atom. The van der Waals surface area contributed by atoms with E-state index in [2.05, 4.69) is 10.00 Å². The van der Waals surface area contributed by atoms with Gasteiger partial charge in [-0.3, -0.25) is 14.5 Å². The highest BCUT2D eigenvalue weighted by Gasteiger charge is 2.37. The number of rotatable bonds is 3. The van der Waals surface area contributed by atoms with Gasteiger partial charge in [-0.2, -0.15) is 5.10 Å². The van der Waals surface area contributed by atoms with Gasteiger partial charge in [-0.25, -0.2) is 4.68 Å². The Labute approximate surface area is 123 Å². The summed E-state index contributed by atoms with van der Waals surface area (Å²) in [6.07, 6.45) is 2.38. The molecule has 3 heterocycles. The SMILES string of the molecule is CCCn1nc2c(cc1=O)CN(C1CC(C)OC1=O)CC2. The lowest BCUT2D eigenvalue weighted by Crippen LogP contribution is -2.43. The van der Waals surface area contributed by atoms with E-state index in [0.29, 0.717) is 13.1 Å². The second-order valence-corrected chi connectivity index (χ2v) is 5.90. The summed E-state index contributed by atoms with van der Waals surface area (Å²) in [6, 6.07) is 1.50. The van der Waals surface area contributed by atoms with E-state index >= 15 is 0 Å². The van der Waals surface area contributed by atoms with Gasteiger partial charge in [0.1, 0.15) is 12.1 Å². The van der Waals surface area contributed by atoms with Gasteiger partial charge in [-0.05, 0) is 18.9 Å². The average Bonchev–Trinajstić information content (AvgIpc) is 2.78. The van der Waals surface area contributed by atoms with Crippen molar-refractivity contribution in [2.75, 3.05) is 6.54 Å². The number of fused-ring (bicyclic) bond motifs is 1. The van der Waals surface area contributed by atoms with E-state index < -0.39 is 0 Å². The zero-order chi connectivity index (χ0) is 15.0.